The van der Waals surface area contributed by atoms with Gasteiger partial charge in [0, 0.05) is 28.6 Å². The first-order valence-corrected chi connectivity index (χ1v) is 10.0. The van der Waals surface area contributed by atoms with Gasteiger partial charge in [-0.2, -0.15) is 0 Å². The predicted octanol–water partition coefficient (Wildman–Crippen LogP) is 3.27. The minimum atomic E-state index is -0.330. The summed E-state index contributed by atoms with van der Waals surface area (Å²) >= 11 is 1.55. The van der Waals surface area contributed by atoms with Crippen LogP contribution in [0.3, 0.4) is 0 Å². The van der Waals surface area contributed by atoms with Crippen molar-refractivity contribution in [2.45, 2.75) is 37.0 Å². The highest BCUT2D eigenvalue weighted by Gasteiger charge is 2.16. The molecule has 7 heteroatoms. The Hall–Kier alpha value is -2.80. The molecule has 2 heterocycles. The number of carbonyl (C=O) groups is 2. The summed E-state index contributed by atoms with van der Waals surface area (Å²) in [7, 11) is 0. The van der Waals surface area contributed by atoms with Crippen LogP contribution in [0.15, 0.2) is 59.8 Å². The van der Waals surface area contributed by atoms with Crippen molar-refractivity contribution < 1.29 is 9.59 Å². The second-order valence-electron chi connectivity index (χ2n) is 7.46. The van der Waals surface area contributed by atoms with Crippen LogP contribution in [0.4, 0.5) is 0 Å². The van der Waals surface area contributed by atoms with Gasteiger partial charge in [0.1, 0.15) is 5.65 Å². The van der Waals surface area contributed by atoms with Crippen LogP contribution in [0, 0.1) is 0 Å². The lowest BCUT2D eigenvalue weighted by Gasteiger charge is -2.20. The van der Waals surface area contributed by atoms with Gasteiger partial charge < -0.3 is 15.0 Å². The molecule has 28 heavy (non-hydrogen) atoms. The molecule has 0 spiro atoms. The molecule has 0 aliphatic heterocycles. The molecule has 0 fully saturated rings. The number of benzene rings is 1. The maximum Gasteiger partial charge on any atom is 0.252 e. The molecule has 0 atom stereocenters. The van der Waals surface area contributed by atoms with Crippen LogP contribution in [-0.2, 0) is 10.5 Å². The van der Waals surface area contributed by atoms with E-state index in [1.54, 1.807) is 17.8 Å². The number of nitrogens with one attached hydrogen (secondary N) is 2. The largest absolute Gasteiger partial charge is 0.350 e. The lowest BCUT2D eigenvalue weighted by Crippen LogP contribution is -2.45. The van der Waals surface area contributed by atoms with Crippen LogP contribution < -0.4 is 10.6 Å². The van der Waals surface area contributed by atoms with Gasteiger partial charge in [0.15, 0.2) is 0 Å². The standard InChI is InChI=1S/C21H24N4O2S/c1-21(2,3)24-19(26)12-22-20(27)16-8-4-5-9-17(16)28-14-15-13-25-11-7-6-10-18(25)23-15/h4-11,13H,12,14H2,1-3H3,(H,22,27)(H,24,26). The number of fused-ring (bicyclic) bond motifs is 1. The van der Waals surface area contributed by atoms with Gasteiger partial charge in [-0.05, 0) is 45.0 Å². The first-order valence-electron chi connectivity index (χ1n) is 9.05. The van der Waals surface area contributed by atoms with Crippen molar-refractivity contribution in [3.05, 3.63) is 66.1 Å². The van der Waals surface area contributed by atoms with E-state index in [2.05, 4.69) is 15.6 Å². The molecular formula is C21H24N4O2S. The molecule has 146 valence electrons. The van der Waals surface area contributed by atoms with Gasteiger partial charge in [0.25, 0.3) is 5.91 Å². The number of nitrogens with zero attached hydrogens (tertiary/aromatic N) is 2. The number of hydrogen-bond acceptors (Lipinski definition) is 4. The highest BCUT2D eigenvalue weighted by Crippen LogP contribution is 2.26. The van der Waals surface area contributed by atoms with Crippen LogP contribution in [0.1, 0.15) is 36.8 Å². The zero-order valence-corrected chi connectivity index (χ0v) is 17.0. The number of imidazole rings is 1. The van der Waals surface area contributed by atoms with Gasteiger partial charge in [0.2, 0.25) is 5.91 Å². The smallest absolute Gasteiger partial charge is 0.252 e. The summed E-state index contributed by atoms with van der Waals surface area (Å²) in [6.45, 7) is 5.65. The fourth-order valence-corrected chi connectivity index (χ4v) is 3.64. The van der Waals surface area contributed by atoms with Crippen molar-refractivity contribution in [3.8, 4) is 0 Å². The quantitative estimate of drug-likeness (QED) is 0.627. The van der Waals surface area contributed by atoms with Crippen molar-refractivity contribution in [2.75, 3.05) is 6.54 Å². The van der Waals surface area contributed by atoms with E-state index in [-0.39, 0.29) is 23.9 Å². The Morgan fingerprint density at radius 3 is 2.61 bits per heavy atom. The van der Waals surface area contributed by atoms with Crippen LogP contribution in [0.5, 0.6) is 0 Å². The first-order chi connectivity index (χ1) is 13.3. The Kier molecular flexibility index (Phi) is 6.04. The van der Waals surface area contributed by atoms with E-state index >= 15 is 0 Å². The molecule has 0 saturated carbocycles. The van der Waals surface area contributed by atoms with Crippen LogP contribution >= 0.6 is 11.8 Å². The fourth-order valence-electron chi connectivity index (χ4n) is 2.71. The third kappa shape index (κ3) is 5.36. The first kappa shape index (κ1) is 19.9. The van der Waals surface area contributed by atoms with E-state index in [0.717, 1.165) is 16.2 Å². The average Bonchev–Trinajstić information content (AvgIpc) is 3.06. The molecule has 3 rings (SSSR count). The van der Waals surface area contributed by atoms with Crippen LogP contribution in [0.2, 0.25) is 0 Å². The summed E-state index contributed by atoms with van der Waals surface area (Å²) in [4.78, 5) is 29.9. The normalized spacial score (nSPS) is 11.4. The molecule has 2 amide bonds. The molecular weight excluding hydrogens is 372 g/mol. The Balaban J connectivity index is 1.63. The molecule has 2 N–H and O–H groups in total. The zero-order chi connectivity index (χ0) is 20.1. The van der Waals surface area contributed by atoms with Gasteiger partial charge in [-0.3, -0.25) is 9.59 Å². The SMILES string of the molecule is CC(C)(C)NC(=O)CNC(=O)c1ccccc1SCc1cn2ccccc2n1. The third-order valence-electron chi connectivity index (χ3n) is 3.85. The molecule has 3 aromatic rings. The van der Waals surface area contributed by atoms with Crippen molar-refractivity contribution in [2.24, 2.45) is 0 Å². The van der Waals surface area contributed by atoms with Gasteiger partial charge in [-0.25, -0.2) is 4.98 Å². The van der Waals surface area contributed by atoms with Crippen molar-refractivity contribution in [1.82, 2.24) is 20.0 Å². The molecule has 0 aliphatic carbocycles. The van der Waals surface area contributed by atoms with Gasteiger partial charge in [-0.1, -0.05) is 18.2 Å². The van der Waals surface area contributed by atoms with Gasteiger partial charge >= 0.3 is 0 Å². The Bertz CT molecular complexity index is 958. The van der Waals surface area contributed by atoms with Crippen LogP contribution in [-0.4, -0.2) is 33.3 Å². The number of aromatic nitrogens is 2. The lowest BCUT2D eigenvalue weighted by molar-refractivity contribution is -0.121. The highest BCUT2D eigenvalue weighted by atomic mass is 32.2. The second-order valence-corrected chi connectivity index (χ2v) is 8.48. The molecule has 2 aromatic heterocycles. The summed E-state index contributed by atoms with van der Waals surface area (Å²) in [5.41, 5.74) is 2.06. The summed E-state index contributed by atoms with van der Waals surface area (Å²) in [6, 6.07) is 13.3. The van der Waals surface area contributed by atoms with E-state index < -0.39 is 0 Å². The topological polar surface area (TPSA) is 75.5 Å². The molecule has 0 saturated heterocycles. The number of rotatable bonds is 6. The maximum absolute atomic E-state index is 12.6. The van der Waals surface area contributed by atoms with E-state index in [1.165, 1.54) is 0 Å². The van der Waals surface area contributed by atoms with Crippen LogP contribution in [0.25, 0.3) is 5.65 Å². The van der Waals surface area contributed by atoms with E-state index in [4.69, 9.17) is 0 Å². The summed E-state index contributed by atoms with van der Waals surface area (Å²) in [5.74, 6) is 0.175. The number of pyridine rings is 1. The minimum Gasteiger partial charge on any atom is -0.350 e. The molecule has 0 bridgehead atoms. The number of hydrogen-bond donors (Lipinski definition) is 2. The second kappa shape index (κ2) is 8.48. The average molecular weight is 397 g/mol. The molecule has 0 radical (unpaired) electrons. The summed E-state index contributed by atoms with van der Waals surface area (Å²) in [6.07, 6.45) is 3.95. The zero-order valence-electron chi connectivity index (χ0n) is 16.2. The summed E-state index contributed by atoms with van der Waals surface area (Å²) < 4.78 is 1.97. The predicted molar refractivity (Wildman–Crippen MR) is 111 cm³/mol. The van der Waals surface area contributed by atoms with E-state index in [1.807, 2.05) is 74.0 Å². The van der Waals surface area contributed by atoms with Crippen molar-refractivity contribution in [3.63, 3.8) is 0 Å². The maximum atomic E-state index is 12.6. The molecule has 0 aliphatic rings. The van der Waals surface area contributed by atoms with E-state index in [0.29, 0.717) is 11.3 Å². The monoisotopic (exact) mass is 396 g/mol. The third-order valence-corrected chi connectivity index (χ3v) is 4.95. The number of thioether (sulfide) groups is 1. The summed E-state index contributed by atoms with van der Waals surface area (Å²) in [5, 5.41) is 5.53. The van der Waals surface area contributed by atoms with Gasteiger partial charge in [-0.15, -0.1) is 11.8 Å². The van der Waals surface area contributed by atoms with E-state index in [9.17, 15) is 9.59 Å². The molecule has 6 nitrogen and oxygen atoms in total. The molecule has 0 unspecified atom stereocenters. The molecule has 1 aromatic carbocycles. The highest BCUT2D eigenvalue weighted by molar-refractivity contribution is 7.98. The minimum absolute atomic E-state index is 0.0540. The van der Waals surface area contributed by atoms with Crippen molar-refractivity contribution >= 4 is 29.2 Å². The van der Waals surface area contributed by atoms with Crippen molar-refractivity contribution in [1.29, 1.82) is 0 Å². The lowest BCUT2D eigenvalue weighted by atomic mass is 10.1. The number of amides is 2. The number of carbonyl (C=O) groups excluding carboxylic acids is 2. The Labute approximate surface area is 168 Å². The van der Waals surface area contributed by atoms with Gasteiger partial charge in [0.05, 0.1) is 17.8 Å². The Morgan fingerprint density at radius 1 is 1.11 bits per heavy atom. The Morgan fingerprint density at radius 2 is 1.86 bits per heavy atom. The fraction of sp³-hybridized carbons (Fsp3) is 0.286.